The van der Waals surface area contributed by atoms with Crippen molar-refractivity contribution in [1.82, 2.24) is 0 Å². The van der Waals surface area contributed by atoms with Gasteiger partial charge in [-0.15, -0.1) is 0 Å². The molecule has 0 aromatic heterocycles. The van der Waals surface area contributed by atoms with Crippen LogP contribution < -0.4 is 0 Å². The largest absolute Gasteiger partial charge is 0.0871 e. The SMILES string of the molecule is C/C=C/c1ccc(/C(C)=C/C)cc1. The zero-order valence-electron chi connectivity index (χ0n) is 8.54. The van der Waals surface area contributed by atoms with E-state index in [1.165, 1.54) is 16.7 Å². The molecule has 0 heterocycles. The lowest BCUT2D eigenvalue weighted by atomic mass is 10.1. The highest BCUT2D eigenvalue weighted by Crippen LogP contribution is 2.14. The Morgan fingerprint density at radius 2 is 1.69 bits per heavy atom. The van der Waals surface area contributed by atoms with Crippen molar-refractivity contribution in [2.24, 2.45) is 0 Å². The summed E-state index contributed by atoms with van der Waals surface area (Å²) in [5.41, 5.74) is 3.89. The second kappa shape index (κ2) is 4.66. The molecular weight excluding hydrogens is 156 g/mol. The average molecular weight is 172 g/mol. The third kappa shape index (κ3) is 2.59. The number of rotatable bonds is 2. The first-order chi connectivity index (χ1) is 6.27. The molecule has 0 radical (unpaired) electrons. The Labute approximate surface area is 80.6 Å². The van der Waals surface area contributed by atoms with E-state index >= 15 is 0 Å². The van der Waals surface area contributed by atoms with Crippen LogP contribution in [0.1, 0.15) is 31.9 Å². The highest BCUT2D eigenvalue weighted by Gasteiger charge is 1.92. The minimum atomic E-state index is 1.26. The van der Waals surface area contributed by atoms with E-state index in [2.05, 4.69) is 56.3 Å². The second-order valence-electron chi connectivity index (χ2n) is 3.09. The molecule has 0 aliphatic rings. The van der Waals surface area contributed by atoms with E-state index in [-0.39, 0.29) is 0 Å². The Morgan fingerprint density at radius 3 is 2.15 bits per heavy atom. The van der Waals surface area contributed by atoms with Crippen molar-refractivity contribution in [1.29, 1.82) is 0 Å². The van der Waals surface area contributed by atoms with Crippen LogP contribution in [0.2, 0.25) is 0 Å². The van der Waals surface area contributed by atoms with Crippen LogP contribution in [0.4, 0.5) is 0 Å². The highest BCUT2D eigenvalue weighted by molar-refractivity contribution is 5.65. The molecule has 1 rings (SSSR count). The standard InChI is InChI=1S/C13H16/c1-4-6-12-7-9-13(10-8-12)11(3)5-2/h4-10H,1-3H3/b6-4+,11-5+. The third-order valence-corrected chi connectivity index (χ3v) is 2.16. The maximum absolute atomic E-state index is 2.16. The topological polar surface area (TPSA) is 0 Å². The van der Waals surface area contributed by atoms with Crippen LogP contribution in [-0.4, -0.2) is 0 Å². The Morgan fingerprint density at radius 1 is 1.08 bits per heavy atom. The third-order valence-electron chi connectivity index (χ3n) is 2.16. The number of hydrogen-bond acceptors (Lipinski definition) is 0. The van der Waals surface area contributed by atoms with Crippen molar-refractivity contribution in [3.63, 3.8) is 0 Å². The fourth-order valence-electron chi connectivity index (χ4n) is 1.22. The van der Waals surface area contributed by atoms with E-state index < -0.39 is 0 Å². The molecular formula is C13H16. The molecule has 0 unspecified atom stereocenters. The van der Waals surface area contributed by atoms with Crippen molar-refractivity contribution in [3.05, 3.63) is 47.5 Å². The zero-order valence-corrected chi connectivity index (χ0v) is 8.54. The van der Waals surface area contributed by atoms with Crippen molar-refractivity contribution in [3.8, 4) is 0 Å². The number of benzene rings is 1. The lowest BCUT2D eigenvalue weighted by Gasteiger charge is -2.00. The number of allylic oxidation sites excluding steroid dienone is 3. The zero-order chi connectivity index (χ0) is 9.68. The summed E-state index contributed by atoms with van der Waals surface area (Å²) in [5, 5.41) is 0. The summed E-state index contributed by atoms with van der Waals surface area (Å²) in [5.74, 6) is 0. The molecule has 0 aliphatic heterocycles. The van der Waals surface area contributed by atoms with Crippen molar-refractivity contribution >= 4 is 11.6 Å². The van der Waals surface area contributed by atoms with Crippen molar-refractivity contribution in [2.75, 3.05) is 0 Å². The maximum Gasteiger partial charge on any atom is -0.0230 e. The van der Waals surface area contributed by atoms with E-state index in [0.717, 1.165) is 0 Å². The van der Waals surface area contributed by atoms with Gasteiger partial charge in [0.25, 0.3) is 0 Å². The molecule has 13 heavy (non-hydrogen) atoms. The molecule has 0 heteroatoms. The fraction of sp³-hybridized carbons (Fsp3) is 0.231. The van der Waals surface area contributed by atoms with Crippen LogP contribution in [0.15, 0.2) is 36.4 Å². The molecule has 0 spiro atoms. The highest BCUT2D eigenvalue weighted by atomic mass is 14.0. The predicted octanol–water partition coefficient (Wildman–Crippen LogP) is 4.14. The van der Waals surface area contributed by atoms with E-state index in [1.807, 2.05) is 6.92 Å². The Bertz CT molecular complexity index is 312. The van der Waals surface area contributed by atoms with Crippen molar-refractivity contribution in [2.45, 2.75) is 20.8 Å². The Balaban J connectivity index is 2.93. The lowest BCUT2D eigenvalue weighted by molar-refractivity contribution is 1.53. The molecule has 68 valence electrons. The molecule has 0 N–H and O–H groups in total. The lowest BCUT2D eigenvalue weighted by Crippen LogP contribution is -1.79. The van der Waals surface area contributed by atoms with Gasteiger partial charge in [-0.2, -0.15) is 0 Å². The minimum absolute atomic E-state index is 1.26. The van der Waals surface area contributed by atoms with Gasteiger partial charge in [0.2, 0.25) is 0 Å². The van der Waals surface area contributed by atoms with Gasteiger partial charge in [0, 0.05) is 0 Å². The Hall–Kier alpha value is -1.30. The first kappa shape index (κ1) is 9.79. The van der Waals surface area contributed by atoms with Crippen molar-refractivity contribution < 1.29 is 0 Å². The van der Waals surface area contributed by atoms with Gasteiger partial charge in [-0.25, -0.2) is 0 Å². The maximum atomic E-state index is 2.16. The van der Waals surface area contributed by atoms with E-state index in [1.54, 1.807) is 0 Å². The van der Waals surface area contributed by atoms with Gasteiger partial charge in [0.15, 0.2) is 0 Å². The van der Waals surface area contributed by atoms with Gasteiger partial charge < -0.3 is 0 Å². The quantitative estimate of drug-likeness (QED) is 0.629. The van der Waals surface area contributed by atoms with E-state index in [0.29, 0.717) is 0 Å². The van der Waals surface area contributed by atoms with E-state index in [4.69, 9.17) is 0 Å². The molecule has 0 fully saturated rings. The van der Waals surface area contributed by atoms with Crippen LogP contribution in [0, 0.1) is 0 Å². The first-order valence-electron chi connectivity index (χ1n) is 4.64. The molecule has 0 saturated carbocycles. The minimum Gasteiger partial charge on any atom is -0.0871 e. The fourth-order valence-corrected chi connectivity index (χ4v) is 1.22. The van der Waals surface area contributed by atoms with E-state index in [9.17, 15) is 0 Å². The van der Waals surface area contributed by atoms with Crippen LogP contribution in [0.3, 0.4) is 0 Å². The van der Waals surface area contributed by atoms with Gasteiger partial charge in [0.1, 0.15) is 0 Å². The monoisotopic (exact) mass is 172 g/mol. The molecule has 0 atom stereocenters. The average Bonchev–Trinajstić information content (AvgIpc) is 2.18. The molecule has 1 aromatic carbocycles. The van der Waals surface area contributed by atoms with Gasteiger partial charge in [0.05, 0.1) is 0 Å². The summed E-state index contributed by atoms with van der Waals surface area (Å²) < 4.78 is 0. The summed E-state index contributed by atoms with van der Waals surface area (Å²) in [4.78, 5) is 0. The first-order valence-corrected chi connectivity index (χ1v) is 4.64. The van der Waals surface area contributed by atoms with Gasteiger partial charge in [-0.3, -0.25) is 0 Å². The molecule has 0 saturated heterocycles. The summed E-state index contributed by atoms with van der Waals surface area (Å²) in [7, 11) is 0. The molecule has 0 aliphatic carbocycles. The van der Waals surface area contributed by atoms with Gasteiger partial charge in [-0.05, 0) is 37.5 Å². The summed E-state index contributed by atoms with van der Waals surface area (Å²) >= 11 is 0. The van der Waals surface area contributed by atoms with Crippen LogP contribution in [0.5, 0.6) is 0 Å². The van der Waals surface area contributed by atoms with Crippen LogP contribution >= 0.6 is 0 Å². The van der Waals surface area contributed by atoms with Crippen LogP contribution in [-0.2, 0) is 0 Å². The molecule has 0 amide bonds. The smallest absolute Gasteiger partial charge is 0.0230 e. The molecule has 0 nitrogen and oxygen atoms in total. The summed E-state index contributed by atoms with van der Waals surface area (Å²) in [6.07, 6.45) is 6.29. The summed E-state index contributed by atoms with van der Waals surface area (Å²) in [6, 6.07) is 8.60. The summed E-state index contributed by atoms with van der Waals surface area (Å²) in [6.45, 7) is 6.23. The van der Waals surface area contributed by atoms with Crippen LogP contribution in [0.25, 0.3) is 11.6 Å². The van der Waals surface area contributed by atoms with Gasteiger partial charge in [-0.1, -0.05) is 42.5 Å². The second-order valence-corrected chi connectivity index (χ2v) is 3.09. The Kier molecular flexibility index (Phi) is 3.51. The molecule has 0 bridgehead atoms. The predicted molar refractivity (Wildman–Crippen MR) is 60.5 cm³/mol. The molecule has 1 aromatic rings. The normalized spacial score (nSPS) is 12.4. The number of hydrogen-bond donors (Lipinski definition) is 0. The van der Waals surface area contributed by atoms with Gasteiger partial charge >= 0.3 is 0 Å².